The smallest absolute Gasteiger partial charge is 0.417 e. The number of imide groups is 1. The molecule has 6 heteroatoms. The summed E-state index contributed by atoms with van der Waals surface area (Å²) in [4.78, 5) is 25.0. The number of cyclic esters (lactones) is 1. The van der Waals surface area contributed by atoms with Gasteiger partial charge in [0, 0.05) is 0 Å². The lowest BCUT2D eigenvalue weighted by Gasteiger charge is -2.29. The molecule has 120 valence electrons. The molecular formula is C16H19Cl2NO3. The van der Waals surface area contributed by atoms with E-state index in [0.29, 0.717) is 6.42 Å². The fraction of sp³-hybridized carbons (Fsp3) is 0.500. The Morgan fingerprint density at radius 1 is 1.32 bits per heavy atom. The molecular weight excluding hydrogens is 325 g/mol. The van der Waals surface area contributed by atoms with Crippen molar-refractivity contribution in [1.29, 1.82) is 0 Å². The normalized spacial score (nSPS) is 21.8. The zero-order valence-electron chi connectivity index (χ0n) is 12.8. The highest BCUT2D eigenvalue weighted by Gasteiger charge is 2.51. The van der Waals surface area contributed by atoms with Crippen LogP contribution in [0.25, 0.3) is 0 Å². The molecule has 1 aromatic rings. The van der Waals surface area contributed by atoms with Crippen molar-refractivity contribution >= 4 is 35.2 Å². The van der Waals surface area contributed by atoms with Crippen LogP contribution in [0.3, 0.4) is 0 Å². The van der Waals surface area contributed by atoms with Gasteiger partial charge in [-0.2, -0.15) is 0 Å². The van der Waals surface area contributed by atoms with Crippen LogP contribution >= 0.6 is 23.2 Å². The van der Waals surface area contributed by atoms with Gasteiger partial charge in [-0.3, -0.25) is 4.79 Å². The average molecular weight is 344 g/mol. The van der Waals surface area contributed by atoms with Gasteiger partial charge in [-0.1, -0.05) is 37.3 Å². The van der Waals surface area contributed by atoms with Gasteiger partial charge < -0.3 is 4.74 Å². The summed E-state index contributed by atoms with van der Waals surface area (Å²) < 4.78 is 5.38. The predicted octanol–water partition coefficient (Wildman–Crippen LogP) is 3.79. The maximum Gasteiger partial charge on any atom is 0.417 e. The van der Waals surface area contributed by atoms with E-state index in [1.807, 2.05) is 30.3 Å². The Labute approximate surface area is 140 Å². The van der Waals surface area contributed by atoms with Crippen molar-refractivity contribution in [1.82, 2.24) is 4.90 Å². The van der Waals surface area contributed by atoms with Crippen LogP contribution in [0.15, 0.2) is 30.3 Å². The first kappa shape index (κ1) is 17.1. The standard InChI is InChI=1S/C16H19Cl2NO3/c1-10(13(17)18)14(20)19-12(16(2,3)22-15(19)21)9-11-7-5-4-6-8-11/h4-8,10,12-13H,9H2,1-3H3/t10-,12+/m1/s1. The SMILES string of the molecule is C[C@@H](C(=O)N1C(=O)OC(C)(C)[C@@H]1Cc1ccccc1)C(Cl)Cl. The number of nitrogens with zero attached hydrogens (tertiary/aromatic N) is 1. The molecule has 4 nitrogen and oxygen atoms in total. The summed E-state index contributed by atoms with van der Waals surface area (Å²) in [7, 11) is 0. The number of carbonyl (C=O) groups is 2. The Balaban J connectivity index is 2.29. The topological polar surface area (TPSA) is 46.6 Å². The molecule has 1 aliphatic heterocycles. The second-order valence-electron chi connectivity index (χ2n) is 6.01. The summed E-state index contributed by atoms with van der Waals surface area (Å²) in [6.07, 6.45) is -0.121. The summed E-state index contributed by atoms with van der Waals surface area (Å²) >= 11 is 11.6. The number of alkyl halides is 2. The number of halogens is 2. The number of hydrogen-bond donors (Lipinski definition) is 0. The molecule has 0 aliphatic carbocycles. The second kappa shape index (κ2) is 6.47. The van der Waals surface area contributed by atoms with Gasteiger partial charge in [-0.25, -0.2) is 9.69 Å². The van der Waals surface area contributed by atoms with E-state index in [2.05, 4.69) is 0 Å². The summed E-state index contributed by atoms with van der Waals surface area (Å²) in [5, 5.41) is 0. The van der Waals surface area contributed by atoms with E-state index in [4.69, 9.17) is 27.9 Å². The van der Waals surface area contributed by atoms with Crippen molar-refractivity contribution in [3.63, 3.8) is 0 Å². The summed E-state index contributed by atoms with van der Waals surface area (Å²) in [6.45, 7) is 5.20. The van der Waals surface area contributed by atoms with E-state index in [1.54, 1.807) is 20.8 Å². The lowest BCUT2D eigenvalue weighted by atomic mass is 9.91. The third kappa shape index (κ3) is 3.39. The monoisotopic (exact) mass is 343 g/mol. The number of ether oxygens (including phenoxy) is 1. The number of rotatable bonds is 4. The van der Waals surface area contributed by atoms with Crippen LogP contribution in [0, 0.1) is 5.92 Å². The molecule has 1 aromatic carbocycles. The fourth-order valence-electron chi connectivity index (χ4n) is 2.53. The van der Waals surface area contributed by atoms with Gasteiger partial charge in [0.05, 0.1) is 12.0 Å². The zero-order valence-corrected chi connectivity index (χ0v) is 14.3. The number of carbonyl (C=O) groups excluding carboxylic acids is 2. The van der Waals surface area contributed by atoms with Crippen molar-refractivity contribution < 1.29 is 14.3 Å². The Morgan fingerprint density at radius 2 is 1.91 bits per heavy atom. The van der Waals surface area contributed by atoms with E-state index in [1.165, 1.54) is 0 Å². The van der Waals surface area contributed by atoms with Gasteiger partial charge in [-0.15, -0.1) is 23.2 Å². The van der Waals surface area contributed by atoms with E-state index in [-0.39, 0.29) is 0 Å². The Hall–Kier alpha value is -1.26. The van der Waals surface area contributed by atoms with E-state index >= 15 is 0 Å². The first-order valence-electron chi connectivity index (χ1n) is 7.12. The lowest BCUT2D eigenvalue weighted by Crippen LogP contribution is -2.48. The van der Waals surface area contributed by atoms with E-state index in [9.17, 15) is 9.59 Å². The minimum atomic E-state index is -0.874. The van der Waals surface area contributed by atoms with E-state index < -0.39 is 34.4 Å². The molecule has 1 aliphatic rings. The van der Waals surface area contributed by atoms with Crippen molar-refractivity contribution in [3.8, 4) is 0 Å². The number of amides is 2. The molecule has 1 heterocycles. The summed E-state index contributed by atoms with van der Waals surface area (Å²) in [5.41, 5.74) is 0.258. The van der Waals surface area contributed by atoms with Crippen LogP contribution in [-0.4, -0.2) is 33.4 Å². The molecule has 1 saturated heterocycles. The minimum absolute atomic E-state index is 0.399. The van der Waals surface area contributed by atoms with Gasteiger partial charge in [-0.05, 0) is 25.8 Å². The van der Waals surface area contributed by atoms with Gasteiger partial charge in [0.25, 0.3) is 0 Å². The van der Waals surface area contributed by atoms with Crippen molar-refractivity contribution in [2.24, 2.45) is 5.92 Å². The highest BCUT2D eigenvalue weighted by atomic mass is 35.5. The number of benzene rings is 1. The van der Waals surface area contributed by atoms with Crippen LogP contribution in [0.2, 0.25) is 0 Å². The van der Waals surface area contributed by atoms with Gasteiger partial charge in [0.15, 0.2) is 0 Å². The molecule has 22 heavy (non-hydrogen) atoms. The molecule has 0 saturated carbocycles. The maximum absolute atomic E-state index is 12.5. The molecule has 0 spiro atoms. The fourth-order valence-corrected chi connectivity index (χ4v) is 2.74. The van der Waals surface area contributed by atoms with Crippen molar-refractivity contribution in [3.05, 3.63) is 35.9 Å². The van der Waals surface area contributed by atoms with Crippen LogP contribution in [0.1, 0.15) is 26.3 Å². The quantitative estimate of drug-likeness (QED) is 0.781. The van der Waals surface area contributed by atoms with E-state index in [0.717, 1.165) is 10.5 Å². The van der Waals surface area contributed by atoms with Crippen LogP contribution < -0.4 is 0 Å². The molecule has 2 amide bonds. The second-order valence-corrected chi connectivity index (χ2v) is 7.17. The summed E-state index contributed by atoms with van der Waals surface area (Å²) in [6, 6.07) is 9.27. The Bertz CT molecular complexity index is 560. The molecule has 0 N–H and O–H groups in total. The van der Waals surface area contributed by atoms with Gasteiger partial charge >= 0.3 is 6.09 Å². The van der Waals surface area contributed by atoms with Crippen LogP contribution in [0.4, 0.5) is 4.79 Å². The molecule has 0 unspecified atom stereocenters. The molecule has 2 rings (SSSR count). The molecule has 0 bridgehead atoms. The highest BCUT2D eigenvalue weighted by Crippen LogP contribution is 2.34. The first-order valence-corrected chi connectivity index (χ1v) is 7.99. The predicted molar refractivity (Wildman–Crippen MR) is 86.0 cm³/mol. The maximum atomic E-state index is 12.5. The third-order valence-electron chi connectivity index (χ3n) is 3.94. The number of hydrogen-bond acceptors (Lipinski definition) is 3. The van der Waals surface area contributed by atoms with Crippen molar-refractivity contribution in [2.45, 2.75) is 43.7 Å². The molecule has 0 aromatic heterocycles. The zero-order chi connectivity index (χ0) is 16.5. The van der Waals surface area contributed by atoms with Crippen LogP contribution in [0.5, 0.6) is 0 Å². The third-order valence-corrected chi connectivity index (χ3v) is 4.69. The largest absolute Gasteiger partial charge is 0.441 e. The Kier molecular flexibility index (Phi) is 5.03. The van der Waals surface area contributed by atoms with Gasteiger partial charge in [0.2, 0.25) is 5.91 Å². The van der Waals surface area contributed by atoms with Gasteiger partial charge in [0.1, 0.15) is 10.4 Å². The highest BCUT2D eigenvalue weighted by molar-refractivity contribution is 6.45. The molecule has 2 atom stereocenters. The molecule has 0 radical (unpaired) electrons. The Morgan fingerprint density at radius 3 is 2.45 bits per heavy atom. The molecule has 1 fully saturated rings. The minimum Gasteiger partial charge on any atom is -0.441 e. The lowest BCUT2D eigenvalue weighted by molar-refractivity contribution is -0.133. The average Bonchev–Trinajstić information content (AvgIpc) is 2.67. The first-order chi connectivity index (χ1) is 10.2. The van der Waals surface area contributed by atoms with Crippen molar-refractivity contribution in [2.75, 3.05) is 0 Å². The van der Waals surface area contributed by atoms with Crippen LogP contribution in [-0.2, 0) is 16.0 Å². The summed E-state index contributed by atoms with van der Waals surface area (Å²) in [5.74, 6) is -1.09.